The molecule has 0 atom stereocenters. The molecule has 0 aliphatic heterocycles. The molecule has 0 spiro atoms. The van der Waals surface area contributed by atoms with Gasteiger partial charge in [-0.3, -0.25) is 4.79 Å². The first-order valence-electron chi connectivity index (χ1n) is 6.50. The Morgan fingerprint density at radius 2 is 2.15 bits per heavy atom. The molecule has 2 aromatic rings. The maximum absolute atomic E-state index is 11.5. The second-order valence-corrected chi connectivity index (χ2v) is 4.30. The minimum absolute atomic E-state index is 0.0635. The molecule has 0 saturated heterocycles. The predicted octanol–water partition coefficient (Wildman–Crippen LogP) is 2.43. The zero-order valence-corrected chi connectivity index (χ0v) is 11.4. The summed E-state index contributed by atoms with van der Waals surface area (Å²) in [6.07, 6.45) is 3.30. The first-order valence-corrected chi connectivity index (χ1v) is 6.50. The summed E-state index contributed by atoms with van der Waals surface area (Å²) >= 11 is 0. The highest BCUT2D eigenvalue weighted by atomic mass is 16.1. The Balaban J connectivity index is 1.95. The van der Waals surface area contributed by atoms with Gasteiger partial charge in [0.25, 0.3) is 5.91 Å². The van der Waals surface area contributed by atoms with Gasteiger partial charge in [-0.05, 0) is 42.2 Å². The fourth-order valence-electron chi connectivity index (χ4n) is 1.81. The van der Waals surface area contributed by atoms with Crippen molar-refractivity contribution in [2.45, 2.75) is 12.8 Å². The standard InChI is InChI=1S/C17H16N2O/c1-18-17(20)15-9-6-8-14(13-15)7-2-3-10-16-11-4-5-12-19-16/h4-6,8-9,11-13H,2,7H2,1H3,(H,18,20). The number of aromatic nitrogens is 1. The second kappa shape index (κ2) is 7.10. The summed E-state index contributed by atoms with van der Waals surface area (Å²) in [5.41, 5.74) is 2.58. The molecule has 1 aromatic heterocycles. The molecule has 3 heteroatoms. The van der Waals surface area contributed by atoms with E-state index in [2.05, 4.69) is 22.1 Å². The van der Waals surface area contributed by atoms with Crippen LogP contribution in [-0.2, 0) is 6.42 Å². The van der Waals surface area contributed by atoms with Crippen molar-refractivity contribution in [2.75, 3.05) is 7.05 Å². The van der Waals surface area contributed by atoms with Crippen molar-refractivity contribution < 1.29 is 4.79 Å². The number of hydrogen-bond acceptors (Lipinski definition) is 2. The third-order valence-corrected chi connectivity index (χ3v) is 2.84. The summed E-state index contributed by atoms with van der Waals surface area (Å²) in [4.78, 5) is 15.7. The summed E-state index contributed by atoms with van der Waals surface area (Å²) in [6.45, 7) is 0. The Hall–Kier alpha value is -2.60. The molecule has 1 amide bonds. The molecule has 0 bridgehead atoms. The van der Waals surface area contributed by atoms with E-state index in [1.807, 2.05) is 42.5 Å². The number of pyridine rings is 1. The van der Waals surface area contributed by atoms with Gasteiger partial charge in [-0.1, -0.05) is 24.1 Å². The van der Waals surface area contributed by atoms with Gasteiger partial charge in [0, 0.05) is 25.2 Å². The van der Waals surface area contributed by atoms with E-state index in [9.17, 15) is 4.79 Å². The number of carbonyl (C=O) groups is 1. The average Bonchev–Trinajstić information content (AvgIpc) is 2.52. The number of benzene rings is 1. The Morgan fingerprint density at radius 1 is 1.25 bits per heavy atom. The Morgan fingerprint density at radius 3 is 2.90 bits per heavy atom. The van der Waals surface area contributed by atoms with E-state index in [1.165, 1.54) is 0 Å². The monoisotopic (exact) mass is 264 g/mol. The Labute approximate surface area is 119 Å². The van der Waals surface area contributed by atoms with Gasteiger partial charge < -0.3 is 5.32 Å². The van der Waals surface area contributed by atoms with Crippen LogP contribution in [0.25, 0.3) is 0 Å². The third kappa shape index (κ3) is 3.96. The van der Waals surface area contributed by atoms with Crippen molar-refractivity contribution in [1.82, 2.24) is 10.3 Å². The summed E-state index contributed by atoms with van der Waals surface area (Å²) in [7, 11) is 1.63. The Kier molecular flexibility index (Phi) is 4.91. The summed E-state index contributed by atoms with van der Waals surface area (Å²) in [6, 6.07) is 13.3. The van der Waals surface area contributed by atoms with E-state index in [0.717, 1.165) is 24.1 Å². The maximum Gasteiger partial charge on any atom is 0.251 e. The molecule has 1 aromatic carbocycles. The second-order valence-electron chi connectivity index (χ2n) is 4.30. The number of nitrogens with zero attached hydrogens (tertiary/aromatic N) is 1. The van der Waals surface area contributed by atoms with Gasteiger partial charge in [0.1, 0.15) is 5.69 Å². The van der Waals surface area contributed by atoms with Crippen LogP contribution in [0.2, 0.25) is 0 Å². The molecule has 0 aliphatic rings. The molecule has 0 radical (unpaired) electrons. The quantitative estimate of drug-likeness (QED) is 0.865. The molecule has 100 valence electrons. The van der Waals surface area contributed by atoms with Crippen LogP contribution in [-0.4, -0.2) is 17.9 Å². The highest BCUT2D eigenvalue weighted by Gasteiger charge is 2.02. The lowest BCUT2D eigenvalue weighted by molar-refractivity contribution is 0.0963. The summed E-state index contributed by atoms with van der Waals surface area (Å²) in [5.74, 6) is 6.06. The van der Waals surface area contributed by atoms with Crippen LogP contribution in [0.1, 0.15) is 28.0 Å². The molecule has 2 rings (SSSR count). The summed E-state index contributed by atoms with van der Waals surface area (Å²) in [5, 5.41) is 2.62. The van der Waals surface area contributed by atoms with E-state index in [-0.39, 0.29) is 5.91 Å². The average molecular weight is 264 g/mol. The molecule has 0 saturated carbocycles. The number of carbonyl (C=O) groups excluding carboxylic acids is 1. The van der Waals surface area contributed by atoms with E-state index in [0.29, 0.717) is 5.56 Å². The van der Waals surface area contributed by atoms with Gasteiger partial charge in [0.05, 0.1) is 0 Å². The lowest BCUT2D eigenvalue weighted by Gasteiger charge is -2.02. The third-order valence-electron chi connectivity index (χ3n) is 2.84. The first kappa shape index (κ1) is 13.8. The molecule has 1 heterocycles. The molecular weight excluding hydrogens is 248 g/mol. The van der Waals surface area contributed by atoms with E-state index in [4.69, 9.17) is 0 Å². The van der Waals surface area contributed by atoms with Crippen molar-refractivity contribution in [3.63, 3.8) is 0 Å². The number of rotatable bonds is 3. The topological polar surface area (TPSA) is 42.0 Å². The van der Waals surface area contributed by atoms with Crippen molar-refractivity contribution in [2.24, 2.45) is 0 Å². The SMILES string of the molecule is CNC(=O)c1cccc(CCC#Cc2ccccn2)c1. The van der Waals surface area contributed by atoms with Gasteiger partial charge >= 0.3 is 0 Å². The van der Waals surface area contributed by atoms with Gasteiger partial charge in [0.15, 0.2) is 0 Å². The lowest BCUT2D eigenvalue weighted by Crippen LogP contribution is -2.17. The normalized spacial score (nSPS) is 9.45. The molecule has 0 unspecified atom stereocenters. The minimum atomic E-state index is -0.0635. The first-order chi connectivity index (χ1) is 9.79. The van der Waals surface area contributed by atoms with E-state index < -0.39 is 0 Å². The molecule has 3 nitrogen and oxygen atoms in total. The van der Waals surface area contributed by atoms with Crippen LogP contribution in [0.3, 0.4) is 0 Å². The van der Waals surface area contributed by atoms with Crippen LogP contribution in [0.4, 0.5) is 0 Å². The largest absolute Gasteiger partial charge is 0.355 e. The van der Waals surface area contributed by atoms with Gasteiger partial charge in [-0.15, -0.1) is 0 Å². The van der Waals surface area contributed by atoms with Gasteiger partial charge in [-0.25, -0.2) is 4.98 Å². The molecule has 0 fully saturated rings. The molecular formula is C17H16N2O. The fourth-order valence-corrected chi connectivity index (χ4v) is 1.81. The van der Waals surface area contributed by atoms with Crippen molar-refractivity contribution >= 4 is 5.91 Å². The molecule has 0 aliphatic carbocycles. The highest BCUT2D eigenvalue weighted by molar-refractivity contribution is 5.94. The number of amides is 1. The van der Waals surface area contributed by atoms with Crippen LogP contribution < -0.4 is 5.32 Å². The summed E-state index contributed by atoms with van der Waals surface area (Å²) < 4.78 is 0. The number of aryl methyl sites for hydroxylation is 1. The molecule has 1 N–H and O–H groups in total. The van der Waals surface area contributed by atoms with Crippen molar-refractivity contribution in [3.8, 4) is 11.8 Å². The lowest BCUT2D eigenvalue weighted by atomic mass is 10.1. The number of nitrogens with one attached hydrogen (secondary N) is 1. The van der Waals surface area contributed by atoms with Crippen molar-refractivity contribution in [3.05, 3.63) is 65.5 Å². The van der Waals surface area contributed by atoms with Gasteiger partial charge in [0.2, 0.25) is 0 Å². The Bertz CT molecular complexity index is 639. The molecule has 20 heavy (non-hydrogen) atoms. The van der Waals surface area contributed by atoms with Crippen molar-refractivity contribution in [1.29, 1.82) is 0 Å². The van der Waals surface area contributed by atoms with Crippen LogP contribution in [0.15, 0.2) is 48.7 Å². The predicted molar refractivity (Wildman–Crippen MR) is 79.3 cm³/mol. The zero-order chi connectivity index (χ0) is 14.2. The van der Waals surface area contributed by atoms with Crippen LogP contribution >= 0.6 is 0 Å². The number of hydrogen-bond donors (Lipinski definition) is 1. The van der Waals surface area contributed by atoms with Crippen LogP contribution in [0.5, 0.6) is 0 Å². The zero-order valence-electron chi connectivity index (χ0n) is 11.4. The van der Waals surface area contributed by atoms with E-state index in [1.54, 1.807) is 13.2 Å². The highest BCUT2D eigenvalue weighted by Crippen LogP contribution is 2.07. The fraction of sp³-hybridized carbons (Fsp3) is 0.176. The van der Waals surface area contributed by atoms with Gasteiger partial charge in [-0.2, -0.15) is 0 Å². The van der Waals surface area contributed by atoms with E-state index >= 15 is 0 Å². The van der Waals surface area contributed by atoms with Crippen LogP contribution in [0, 0.1) is 11.8 Å². The minimum Gasteiger partial charge on any atom is -0.355 e. The smallest absolute Gasteiger partial charge is 0.251 e. The maximum atomic E-state index is 11.5.